The van der Waals surface area contributed by atoms with Gasteiger partial charge in [0, 0.05) is 65.2 Å². The van der Waals surface area contributed by atoms with Crippen molar-refractivity contribution in [1.82, 2.24) is 19.6 Å². The van der Waals surface area contributed by atoms with Crippen molar-refractivity contribution in [3.63, 3.8) is 0 Å². The van der Waals surface area contributed by atoms with Gasteiger partial charge in [-0.05, 0) is 31.6 Å². The van der Waals surface area contributed by atoms with Crippen molar-refractivity contribution >= 4 is 17.7 Å². The minimum Gasteiger partial charge on any atom is -0.340 e. The third kappa shape index (κ3) is 4.19. The van der Waals surface area contributed by atoms with Crippen molar-refractivity contribution in [1.29, 1.82) is 0 Å². The van der Waals surface area contributed by atoms with Gasteiger partial charge in [-0.25, -0.2) is 0 Å². The fourth-order valence-electron chi connectivity index (χ4n) is 5.17. The van der Waals surface area contributed by atoms with Crippen molar-refractivity contribution in [2.45, 2.75) is 51.5 Å². The molecule has 4 rings (SSSR count). The maximum absolute atomic E-state index is 13.5. The molecule has 7 heteroatoms. The Morgan fingerprint density at radius 3 is 1.79 bits per heavy atom. The monoisotopic (exact) mass is 390 g/mol. The summed E-state index contributed by atoms with van der Waals surface area (Å²) < 4.78 is 0. The van der Waals surface area contributed by atoms with Crippen LogP contribution in [0.2, 0.25) is 0 Å². The maximum Gasteiger partial charge on any atom is 0.240 e. The predicted octanol–water partition coefficient (Wildman–Crippen LogP) is 0.790. The van der Waals surface area contributed by atoms with Crippen molar-refractivity contribution in [3.8, 4) is 0 Å². The molecule has 2 saturated carbocycles. The topological polar surface area (TPSA) is 64.2 Å². The Morgan fingerprint density at radius 1 is 0.714 bits per heavy atom. The summed E-state index contributed by atoms with van der Waals surface area (Å²) in [5, 5.41) is 0. The van der Waals surface area contributed by atoms with Crippen molar-refractivity contribution in [3.05, 3.63) is 0 Å². The summed E-state index contributed by atoms with van der Waals surface area (Å²) in [5.74, 6) is 1.37. The number of piperazine rings is 2. The van der Waals surface area contributed by atoms with Gasteiger partial charge in [0.2, 0.25) is 17.7 Å². The SMILES string of the molecule is CC(=O)N1CCN(C(=O)[C@@H](C2CCCC2)N2CCN(C(=O)C3CC3)CC2)CC1. The molecule has 2 aliphatic heterocycles. The average molecular weight is 391 g/mol. The molecule has 0 N–H and O–H groups in total. The molecule has 0 bridgehead atoms. The number of carbonyl (C=O) groups excluding carboxylic acids is 3. The van der Waals surface area contributed by atoms with Gasteiger partial charge in [0.1, 0.15) is 0 Å². The third-order valence-corrected chi connectivity index (χ3v) is 7.08. The molecule has 2 saturated heterocycles. The Morgan fingerprint density at radius 2 is 1.25 bits per heavy atom. The van der Waals surface area contributed by atoms with E-state index in [0.717, 1.165) is 51.9 Å². The molecule has 0 aromatic rings. The van der Waals surface area contributed by atoms with Gasteiger partial charge >= 0.3 is 0 Å². The van der Waals surface area contributed by atoms with Gasteiger partial charge in [0.25, 0.3) is 0 Å². The van der Waals surface area contributed by atoms with E-state index in [9.17, 15) is 14.4 Å². The summed E-state index contributed by atoms with van der Waals surface area (Å²) in [7, 11) is 0. The van der Waals surface area contributed by atoms with Crippen LogP contribution in [0, 0.1) is 11.8 Å². The van der Waals surface area contributed by atoms with Crippen molar-refractivity contribution < 1.29 is 14.4 Å². The van der Waals surface area contributed by atoms with E-state index in [-0.39, 0.29) is 23.8 Å². The average Bonchev–Trinajstić information content (AvgIpc) is 3.44. The van der Waals surface area contributed by atoms with Crippen LogP contribution < -0.4 is 0 Å². The largest absolute Gasteiger partial charge is 0.340 e. The molecule has 0 radical (unpaired) electrons. The van der Waals surface area contributed by atoms with Crippen molar-refractivity contribution in [2.24, 2.45) is 11.8 Å². The number of amides is 3. The molecule has 4 aliphatic rings. The van der Waals surface area contributed by atoms with Gasteiger partial charge in [-0.1, -0.05) is 12.8 Å². The zero-order valence-electron chi connectivity index (χ0n) is 17.1. The minimum atomic E-state index is -0.0513. The summed E-state index contributed by atoms with van der Waals surface area (Å²) in [4.78, 5) is 45.6. The first-order valence-electron chi connectivity index (χ1n) is 11.1. The van der Waals surface area contributed by atoms with Gasteiger partial charge in [-0.3, -0.25) is 19.3 Å². The lowest BCUT2D eigenvalue weighted by Gasteiger charge is -2.44. The van der Waals surface area contributed by atoms with Gasteiger partial charge in [0.05, 0.1) is 6.04 Å². The van der Waals surface area contributed by atoms with E-state index in [4.69, 9.17) is 0 Å². The lowest BCUT2D eigenvalue weighted by Crippen LogP contribution is -2.60. The second kappa shape index (κ2) is 8.39. The first-order chi connectivity index (χ1) is 13.5. The number of nitrogens with zero attached hydrogens (tertiary/aromatic N) is 4. The molecule has 7 nitrogen and oxygen atoms in total. The van der Waals surface area contributed by atoms with Crippen LogP contribution >= 0.6 is 0 Å². The van der Waals surface area contributed by atoms with E-state index >= 15 is 0 Å². The summed E-state index contributed by atoms with van der Waals surface area (Å²) in [6, 6.07) is -0.0513. The van der Waals surface area contributed by atoms with Crippen LogP contribution in [0.3, 0.4) is 0 Å². The fraction of sp³-hybridized carbons (Fsp3) is 0.857. The number of hydrogen-bond acceptors (Lipinski definition) is 4. The quantitative estimate of drug-likeness (QED) is 0.712. The maximum atomic E-state index is 13.5. The molecule has 0 unspecified atom stereocenters. The van der Waals surface area contributed by atoms with Crippen molar-refractivity contribution in [2.75, 3.05) is 52.4 Å². The van der Waals surface area contributed by atoms with Gasteiger partial charge in [0.15, 0.2) is 0 Å². The van der Waals surface area contributed by atoms with E-state index < -0.39 is 0 Å². The van der Waals surface area contributed by atoms with Crippen LogP contribution in [0.4, 0.5) is 0 Å². The first kappa shape index (κ1) is 19.7. The lowest BCUT2D eigenvalue weighted by atomic mass is 9.94. The van der Waals surface area contributed by atoms with Gasteiger partial charge in [-0.2, -0.15) is 0 Å². The zero-order chi connectivity index (χ0) is 19.7. The number of carbonyl (C=O) groups is 3. The summed E-state index contributed by atoms with van der Waals surface area (Å²) in [5.41, 5.74) is 0. The van der Waals surface area contributed by atoms with Gasteiger partial charge in [-0.15, -0.1) is 0 Å². The summed E-state index contributed by atoms with van der Waals surface area (Å²) in [6.07, 6.45) is 6.79. The summed E-state index contributed by atoms with van der Waals surface area (Å²) >= 11 is 0. The Kier molecular flexibility index (Phi) is 5.90. The molecule has 156 valence electrons. The Balaban J connectivity index is 1.39. The molecule has 2 aliphatic carbocycles. The molecular weight excluding hydrogens is 356 g/mol. The first-order valence-corrected chi connectivity index (χ1v) is 11.1. The molecule has 28 heavy (non-hydrogen) atoms. The Labute approximate surface area is 168 Å². The van der Waals surface area contributed by atoms with Crippen LogP contribution in [0.25, 0.3) is 0 Å². The molecule has 4 fully saturated rings. The molecule has 0 aromatic carbocycles. The van der Waals surface area contributed by atoms with E-state index in [0.29, 0.717) is 38.0 Å². The minimum absolute atomic E-state index is 0.0513. The molecule has 0 aromatic heterocycles. The highest BCUT2D eigenvalue weighted by Crippen LogP contribution is 2.34. The molecule has 1 atom stereocenters. The Hall–Kier alpha value is -1.63. The van der Waals surface area contributed by atoms with E-state index in [2.05, 4.69) is 4.90 Å². The molecule has 0 spiro atoms. The second-order valence-electron chi connectivity index (χ2n) is 8.96. The third-order valence-electron chi connectivity index (χ3n) is 7.08. The molecule has 3 amide bonds. The molecular formula is C21H34N4O3. The number of hydrogen-bond donors (Lipinski definition) is 0. The van der Waals surface area contributed by atoms with E-state index in [1.54, 1.807) is 6.92 Å². The lowest BCUT2D eigenvalue weighted by molar-refractivity contribution is -0.146. The van der Waals surface area contributed by atoms with Gasteiger partial charge < -0.3 is 14.7 Å². The predicted molar refractivity (Wildman–Crippen MR) is 105 cm³/mol. The van der Waals surface area contributed by atoms with Crippen LogP contribution in [-0.4, -0.2) is 95.7 Å². The smallest absolute Gasteiger partial charge is 0.240 e. The standard InChI is InChI=1S/C21H34N4O3/c1-16(26)22-8-12-25(13-9-22)21(28)19(17-4-2-3-5-17)23-10-14-24(15-11-23)20(27)18-6-7-18/h17-19H,2-15H2,1H3/t19-/m1/s1. The van der Waals surface area contributed by atoms with Crippen LogP contribution in [0.15, 0.2) is 0 Å². The second-order valence-corrected chi connectivity index (χ2v) is 8.96. The summed E-state index contributed by atoms with van der Waals surface area (Å²) in [6.45, 7) is 7.28. The highest BCUT2D eigenvalue weighted by Gasteiger charge is 2.41. The van der Waals surface area contributed by atoms with Crippen LogP contribution in [-0.2, 0) is 14.4 Å². The molecule has 2 heterocycles. The van der Waals surface area contributed by atoms with Crippen LogP contribution in [0.1, 0.15) is 45.4 Å². The Bertz CT molecular complexity index is 599. The normalized spacial score (nSPS) is 25.8. The highest BCUT2D eigenvalue weighted by molar-refractivity contribution is 5.83. The van der Waals surface area contributed by atoms with E-state index in [1.165, 1.54) is 12.8 Å². The fourth-order valence-corrected chi connectivity index (χ4v) is 5.17. The number of rotatable bonds is 4. The van der Waals surface area contributed by atoms with E-state index in [1.807, 2.05) is 14.7 Å². The highest BCUT2D eigenvalue weighted by atomic mass is 16.2. The van der Waals surface area contributed by atoms with Crippen LogP contribution in [0.5, 0.6) is 0 Å². The zero-order valence-corrected chi connectivity index (χ0v) is 17.1.